The van der Waals surface area contributed by atoms with Gasteiger partial charge in [0, 0.05) is 49.3 Å². The number of ether oxygens (including phenoxy) is 2. The minimum absolute atomic E-state index is 0.00741. The molecule has 1 aliphatic heterocycles. The molecule has 7 nitrogen and oxygen atoms in total. The van der Waals surface area contributed by atoms with E-state index in [1.807, 2.05) is 24.3 Å². The Morgan fingerprint density at radius 2 is 1.48 bits per heavy atom. The number of hydrogen-bond donors (Lipinski definition) is 2. The number of hydrogen-bond acceptors (Lipinski definition) is 6. The molecule has 2 fully saturated rings. The van der Waals surface area contributed by atoms with Crippen LogP contribution in [-0.2, 0) is 28.5 Å². The van der Waals surface area contributed by atoms with Crippen LogP contribution in [0.3, 0.4) is 0 Å². The first-order valence-electron chi connectivity index (χ1n) is 15.1. The van der Waals surface area contributed by atoms with Crippen LogP contribution in [0.2, 0.25) is 0 Å². The number of piperazine rings is 1. The number of halogens is 6. The second-order valence-electron chi connectivity index (χ2n) is 11.6. The smallest absolute Gasteiger partial charge is 0.418 e. The molecule has 3 aromatic carbocycles. The van der Waals surface area contributed by atoms with Gasteiger partial charge in [0.2, 0.25) is 5.91 Å². The van der Waals surface area contributed by atoms with E-state index in [2.05, 4.69) is 10.2 Å². The van der Waals surface area contributed by atoms with Gasteiger partial charge in [0.15, 0.2) is 0 Å². The summed E-state index contributed by atoms with van der Waals surface area (Å²) in [7, 11) is 0. The normalized spacial score (nSPS) is 19.2. The first kappa shape index (κ1) is 33.2. The molecule has 3 N–H and O–H groups in total. The summed E-state index contributed by atoms with van der Waals surface area (Å²) in [5.74, 6) is 0.522. The molecule has 2 aliphatic rings. The monoisotopic (exact) mass is 650 g/mol. The fourth-order valence-corrected chi connectivity index (χ4v) is 5.71. The lowest BCUT2D eigenvalue weighted by Crippen LogP contribution is -2.50. The van der Waals surface area contributed by atoms with Gasteiger partial charge in [-0.3, -0.25) is 4.79 Å². The molecule has 1 aliphatic carbocycles. The van der Waals surface area contributed by atoms with Crippen molar-refractivity contribution in [2.24, 2.45) is 0 Å². The molecule has 0 spiro atoms. The van der Waals surface area contributed by atoms with Crippen molar-refractivity contribution in [2.75, 3.05) is 48.7 Å². The second kappa shape index (κ2) is 14.1. The first-order chi connectivity index (χ1) is 21.8. The van der Waals surface area contributed by atoms with Crippen LogP contribution in [0.4, 0.5) is 43.4 Å². The molecule has 0 bridgehead atoms. The predicted molar refractivity (Wildman–Crippen MR) is 162 cm³/mol. The van der Waals surface area contributed by atoms with Gasteiger partial charge in [0.25, 0.3) is 0 Å². The molecule has 0 atom stereocenters. The van der Waals surface area contributed by atoms with Crippen LogP contribution in [0, 0.1) is 0 Å². The van der Waals surface area contributed by atoms with E-state index in [9.17, 15) is 31.1 Å². The summed E-state index contributed by atoms with van der Waals surface area (Å²) in [5.41, 5.74) is 5.62. The molecule has 0 aromatic heterocycles. The number of carbonyl (C=O) groups excluding carboxylic acids is 1. The Morgan fingerprint density at radius 1 is 0.826 bits per heavy atom. The zero-order chi connectivity index (χ0) is 32.9. The number of nitrogens with one attached hydrogen (secondary N) is 1. The van der Waals surface area contributed by atoms with Gasteiger partial charge in [-0.25, -0.2) is 0 Å². The van der Waals surface area contributed by atoms with Crippen molar-refractivity contribution in [3.8, 4) is 5.75 Å². The summed E-state index contributed by atoms with van der Waals surface area (Å²) >= 11 is 0. The van der Waals surface area contributed by atoms with E-state index in [4.69, 9.17) is 15.2 Å². The third-order valence-electron chi connectivity index (χ3n) is 8.37. The van der Waals surface area contributed by atoms with Crippen molar-refractivity contribution >= 4 is 23.0 Å². The van der Waals surface area contributed by atoms with E-state index in [-0.39, 0.29) is 37.0 Å². The highest BCUT2D eigenvalue weighted by atomic mass is 19.4. The second-order valence-corrected chi connectivity index (χ2v) is 11.6. The van der Waals surface area contributed by atoms with Gasteiger partial charge < -0.3 is 30.3 Å². The average Bonchev–Trinajstić information content (AvgIpc) is 3.04. The van der Waals surface area contributed by atoms with Crippen molar-refractivity contribution in [1.29, 1.82) is 0 Å². The number of nitrogens with two attached hydrogens (primary N) is 1. The summed E-state index contributed by atoms with van der Waals surface area (Å²) < 4.78 is 89.4. The fourth-order valence-electron chi connectivity index (χ4n) is 5.71. The number of anilines is 3. The molecule has 1 saturated heterocycles. The number of amides is 1. The molecule has 1 saturated carbocycles. The molecule has 46 heavy (non-hydrogen) atoms. The molecular formula is C33H36F6N4O3. The molecule has 1 heterocycles. The van der Waals surface area contributed by atoms with Gasteiger partial charge in [0.1, 0.15) is 19.0 Å². The highest BCUT2D eigenvalue weighted by Crippen LogP contribution is 2.36. The number of rotatable bonds is 9. The maximum absolute atomic E-state index is 13.2. The summed E-state index contributed by atoms with van der Waals surface area (Å²) in [6, 6.07) is 16.2. The summed E-state index contributed by atoms with van der Waals surface area (Å²) in [5, 5.41) is 3.17. The van der Waals surface area contributed by atoms with E-state index < -0.39 is 23.5 Å². The van der Waals surface area contributed by atoms with Crippen LogP contribution in [0.25, 0.3) is 0 Å². The number of nitrogens with zero attached hydrogens (tertiary/aromatic N) is 2. The van der Waals surface area contributed by atoms with Gasteiger partial charge >= 0.3 is 12.4 Å². The van der Waals surface area contributed by atoms with E-state index in [1.165, 1.54) is 18.2 Å². The third-order valence-corrected chi connectivity index (χ3v) is 8.37. The van der Waals surface area contributed by atoms with Crippen LogP contribution in [0.5, 0.6) is 5.75 Å². The topological polar surface area (TPSA) is 80.1 Å². The first-order valence-corrected chi connectivity index (χ1v) is 15.1. The third kappa shape index (κ3) is 8.77. The van der Waals surface area contributed by atoms with Crippen molar-refractivity contribution in [3.05, 3.63) is 83.4 Å². The van der Waals surface area contributed by atoms with E-state index in [1.54, 1.807) is 11.0 Å². The molecule has 3 aromatic rings. The van der Waals surface area contributed by atoms with Crippen molar-refractivity contribution in [1.82, 2.24) is 4.90 Å². The molecule has 0 radical (unpaired) electrons. The minimum Gasteiger partial charge on any atom is -0.489 e. The Balaban J connectivity index is 0.995. The number of nitrogen functional groups attached to an aromatic ring is 1. The molecule has 1 amide bonds. The predicted octanol–water partition coefficient (Wildman–Crippen LogP) is 6.97. The maximum Gasteiger partial charge on any atom is 0.418 e. The summed E-state index contributed by atoms with van der Waals surface area (Å²) in [6.45, 7) is 2.53. The standard InChI is InChI=1S/C33H36F6N4O3/c34-32(35,36)23-3-1-22(2-4-23)20-45-28-12-8-26(9-13-28)42-15-17-43(18-16-42)31(44)21-46-27-10-5-24(6-11-27)41-25-7-14-30(40)29(19-25)33(37,38)39/h1-4,7-9,12-14,19,24,27,41H,5-6,10-11,15-18,20-21,40H2. The fraction of sp³-hybridized carbons (Fsp3) is 0.424. The SMILES string of the molecule is Nc1ccc(NC2CCC(OCC(=O)N3CCN(c4ccc(OCc5ccc(C(F)(F)F)cc5)cc4)CC3)CC2)cc1C(F)(F)F. The molecule has 0 unspecified atom stereocenters. The van der Waals surface area contributed by atoms with Crippen LogP contribution < -0.4 is 20.7 Å². The zero-order valence-corrected chi connectivity index (χ0v) is 25.0. The molecular weight excluding hydrogens is 614 g/mol. The van der Waals surface area contributed by atoms with Crippen molar-refractivity contribution in [2.45, 2.75) is 56.8 Å². The Bertz CT molecular complexity index is 1450. The Morgan fingerprint density at radius 3 is 2.09 bits per heavy atom. The van der Waals surface area contributed by atoms with Gasteiger partial charge in [0.05, 0.1) is 17.2 Å². The van der Waals surface area contributed by atoms with Gasteiger partial charge in [-0.1, -0.05) is 12.1 Å². The summed E-state index contributed by atoms with van der Waals surface area (Å²) in [4.78, 5) is 16.8. The highest BCUT2D eigenvalue weighted by molar-refractivity contribution is 5.77. The lowest BCUT2D eigenvalue weighted by Gasteiger charge is -2.36. The van der Waals surface area contributed by atoms with Gasteiger partial charge in [-0.15, -0.1) is 0 Å². The van der Waals surface area contributed by atoms with E-state index in [0.29, 0.717) is 68.9 Å². The molecule has 5 rings (SSSR count). The van der Waals surface area contributed by atoms with Gasteiger partial charge in [-0.2, -0.15) is 26.3 Å². The Kier molecular flexibility index (Phi) is 10.2. The largest absolute Gasteiger partial charge is 0.489 e. The molecule has 13 heteroatoms. The number of alkyl halides is 6. The Hall–Kier alpha value is -4.13. The van der Waals surface area contributed by atoms with Crippen molar-refractivity contribution in [3.63, 3.8) is 0 Å². The van der Waals surface area contributed by atoms with Crippen LogP contribution in [0.15, 0.2) is 66.7 Å². The van der Waals surface area contributed by atoms with E-state index in [0.717, 1.165) is 23.9 Å². The van der Waals surface area contributed by atoms with Crippen LogP contribution in [-0.4, -0.2) is 55.7 Å². The number of benzene rings is 3. The average molecular weight is 651 g/mol. The zero-order valence-electron chi connectivity index (χ0n) is 25.0. The van der Waals surface area contributed by atoms with Gasteiger partial charge in [-0.05, 0) is 85.8 Å². The van der Waals surface area contributed by atoms with Crippen LogP contribution in [0.1, 0.15) is 42.4 Å². The Labute approximate surface area is 263 Å². The highest BCUT2D eigenvalue weighted by Gasteiger charge is 2.34. The maximum atomic E-state index is 13.2. The quantitative estimate of drug-likeness (QED) is 0.192. The lowest BCUT2D eigenvalue weighted by molar-refractivity contribution is -0.139. The minimum atomic E-state index is -4.52. The summed E-state index contributed by atoms with van der Waals surface area (Å²) in [6.07, 6.45) is -6.15. The van der Waals surface area contributed by atoms with Crippen LogP contribution >= 0.6 is 0 Å². The van der Waals surface area contributed by atoms with Crippen molar-refractivity contribution < 1.29 is 40.6 Å². The lowest BCUT2D eigenvalue weighted by atomic mass is 9.92. The van der Waals surface area contributed by atoms with E-state index >= 15 is 0 Å². The number of carbonyl (C=O) groups is 1. The molecule has 248 valence electrons.